The maximum atomic E-state index is 12.6. The van der Waals surface area contributed by atoms with Crippen molar-refractivity contribution >= 4 is 27.7 Å². The number of piperazine rings is 1. The minimum absolute atomic E-state index is 0.0248. The summed E-state index contributed by atoms with van der Waals surface area (Å²) in [6, 6.07) is 5.80. The standard InChI is InChI=1S/C19H25BrN2O3/c1-13-6-7-17(16(20)12-13)25-14(2)18(23)21-8-10-22(11-9-21)19(24)15-4-3-5-15/h6-7,12,14-15H,3-5,8-11H2,1-2H3. The van der Waals surface area contributed by atoms with E-state index < -0.39 is 6.10 Å². The smallest absolute Gasteiger partial charge is 0.263 e. The summed E-state index contributed by atoms with van der Waals surface area (Å²) in [7, 11) is 0. The number of carbonyl (C=O) groups is 2. The highest BCUT2D eigenvalue weighted by molar-refractivity contribution is 9.10. The van der Waals surface area contributed by atoms with Gasteiger partial charge in [0.05, 0.1) is 4.47 Å². The first-order chi connectivity index (χ1) is 12.0. The SMILES string of the molecule is Cc1ccc(OC(C)C(=O)N2CCN(C(=O)C3CCC3)CC2)c(Br)c1. The van der Waals surface area contributed by atoms with Crippen molar-refractivity contribution in [2.45, 2.75) is 39.2 Å². The van der Waals surface area contributed by atoms with Crippen LogP contribution in [0.3, 0.4) is 0 Å². The molecule has 0 aromatic heterocycles. The topological polar surface area (TPSA) is 49.9 Å². The number of rotatable bonds is 4. The Morgan fingerprint density at radius 2 is 1.80 bits per heavy atom. The number of nitrogens with zero attached hydrogens (tertiary/aromatic N) is 2. The van der Waals surface area contributed by atoms with Gasteiger partial charge in [-0.25, -0.2) is 0 Å². The Hall–Kier alpha value is -1.56. The second-order valence-corrected chi connectivity index (χ2v) is 7.83. The molecule has 1 aliphatic heterocycles. The van der Waals surface area contributed by atoms with E-state index in [1.165, 1.54) is 0 Å². The van der Waals surface area contributed by atoms with Crippen LogP contribution in [0.2, 0.25) is 0 Å². The van der Waals surface area contributed by atoms with E-state index in [0.29, 0.717) is 31.9 Å². The summed E-state index contributed by atoms with van der Waals surface area (Å²) < 4.78 is 6.69. The molecule has 1 atom stereocenters. The Balaban J connectivity index is 1.52. The van der Waals surface area contributed by atoms with Gasteiger partial charge in [0.1, 0.15) is 5.75 Å². The number of hydrogen-bond acceptors (Lipinski definition) is 3. The highest BCUT2D eigenvalue weighted by Gasteiger charge is 2.33. The first kappa shape index (κ1) is 18.2. The third-order valence-corrected chi connectivity index (χ3v) is 5.72. The molecule has 1 saturated carbocycles. The molecule has 1 aromatic rings. The van der Waals surface area contributed by atoms with Crippen LogP contribution in [0.4, 0.5) is 0 Å². The summed E-state index contributed by atoms with van der Waals surface area (Å²) in [5.74, 6) is 1.14. The molecule has 2 fully saturated rings. The molecule has 0 N–H and O–H groups in total. The molecule has 5 nitrogen and oxygen atoms in total. The number of carbonyl (C=O) groups excluding carboxylic acids is 2. The van der Waals surface area contributed by atoms with Gasteiger partial charge in [0, 0.05) is 32.1 Å². The zero-order chi connectivity index (χ0) is 18.0. The highest BCUT2D eigenvalue weighted by atomic mass is 79.9. The summed E-state index contributed by atoms with van der Waals surface area (Å²) >= 11 is 3.48. The lowest BCUT2D eigenvalue weighted by Gasteiger charge is -2.38. The molecule has 0 bridgehead atoms. The molecule has 1 aliphatic carbocycles. The van der Waals surface area contributed by atoms with E-state index >= 15 is 0 Å². The average Bonchev–Trinajstić information content (AvgIpc) is 2.55. The van der Waals surface area contributed by atoms with E-state index in [0.717, 1.165) is 29.3 Å². The average molecular weight is 409 g/mol. The number of ether oxygens (including phenoxy) is 1. The molecule has 6 heteroatoms. The first-order valence-corrected chi connectivity index (χ1v) is 9.75. The summed E-state index contributed by atoms with van der Waals surface area (Å²) in [6.45, 7) is 6.21. The van der Waals surface area contributed by atoms with Gasteiger partial charge in [-0.3, -0.25) is 9.59 Å². The van der Waals surface area contributed by atoms with Crippen LogP contribution in [0.1, 0.15) is 31.7 Å². The van der Waals surface area contributed by atoms with Crippen molar-refractivity contribution in [3.8, 4) is 5.75 Å². The lowest BCUT2D eigenvalue weighted by atomic mass is 9.84. The van der Waals surface area contributed by atoms with Gasteiger partial charge in [-0.2, -0.15) is 0 Å². The molecule has 0 radical (unpaired) electrons. The summed E-state index contributed by atoms with van der Waals surface area (Å²) in [5.41, 5.74) is 1.13. The Bertz CT molecular complexity index is 652. The van der Waals surface area contributed by atoms with Crippen LogP contribution in [0.15, 0.2) is 22.7 Å². The fourth-order valence-electron chi connectivity index (χ4n) is 3.26. The molecule has 136 valence electrons. The number of hydrogen-bond donors (Lipinski definition) is 0. The molecule has 3 rings (SSSR count). The van der Waals surface area contributed by atoms with E-state index in [1.807, 2.05) is 30.0 Å². The number of aryl methyl sites for hydroxylation is 1. The van der Waals surface area contributed by atoms with Crippen molar-refractivity contribution < 1.29 is 14.3 Å². The maximum absolute atomic E-state index is 12.6. The maximum Gasteiger partial charge on any atom is 0.263 e. The van der Waals surface area contributed by atoms with Crippen LogP contribution < -0.4 is 4.74 Å². The molecule has 2 amide bonds. The minimum Gasteiger partial charge on any atom is -0.480 e. The fraction of sp³-hybridized carbons (Fsp3) is 0.579. The predicted octanol–water partition coefficient (Wildman–Crippen LogP) is 3.00. The quantitative estimate of drug-likeness (QED) is 0.769. The van der Waals surface area contributed by atoms with Gasteiger partial charge in [-0.05, 0) is 60.3 Å². The Morgan fingerprint density at radius 1 is 1.16 bits per heavy atom. The number of amides is 2. The summed E-state index contributed by atoms with van der Waals surface area (Å²) in [5, 5.41) is 0. The second kappa shape index (κ2) is 7.77. The molecule has 25 heavy (non-hydrogen) atoms. The van der Waals surface area contributed by atoms with E-state index in [1.54, 1.807) is 11.8 Å². The van der Waals surface area contributed by atoms with Crippen LogP contribution in [-0.4, -0.2) is 53.9 Å². The van der Waals surface area contributed by atoms with Gasteiger partial charge in [0.25, 0.3) is 5.91 Å². The third kappa shape index (κ3) is 4.17. The van der Waals surface area contributed by atoms with Crippen molar-refractivity contribution in [3.63, 3.8) is 0 Å². The molecule has 2 aliphatic rings. The Labute approximate surface area is 157 Å². The molecule has 1 heterocycles. The molecule has 1 unspecified atom stereocenters. The normalized spacial score (nSPS) is 19.3. The Morgan fingerprint density at radius 3 is 2.36 bits per heavy atom. The molecule has 1 aromatic carbocycles. The summed E-state index contributed by atoms with van der Waals surface area (Å²) in [4.78, 5) is 28.6. The molecule has 0 spiro atoms. The van der Waals surface area contributed by atoms with Gasteiger partial charge >= 0.3 is 0 Å². The summed E-state index contributed by atoms with van der Waals surface area (Å²) in [6.07, 6.45) is 2.66. The minimum atomic E-state index is -0.548. The van der Waals surface area contributed by atoms with Crippen LogP contribution in [0, 0.1) is 12.8 Å². The Kier molecular flexibility index (Phi) is 5.67. The van der Waals surface area contributed by atoms with E-state index in [9.17, 15) is 9.59 Å². The predicted molar refractivity (Wildman–Crippen MR) is 99.5 cm³/mol. The van der Waals surface area contributed by atoms with Gasteiger partial charge < -0.3 is 14.5 Å². The first-order valence-electron chi connectivity index (χ1n) is 8.96. The molecular weight excluding hydrogens is 384 g/mol. The zero-order valence-corrected chi connectivity index (χ0v) is 16.4. The largest absolute Gasteiger partial charge is 0.480 e. The lowest BCUT2D eigenvalue weighted by molar-refractivity contribution is -0.146. The number of benzene rings is 1. The van der Waals surface area contributed by atoms with Gasteiger partial charge in [0.2, 0.25) is 5.91 Å². The van der Waals surface area contributed by atoms with Crippen LogP contribution in [0.25, 0.3) is 0 Å². The van der Waals surface area contributed by atoms with Crippen molar-refractivity contribution in [2.75, 3.05) is 26.2 Å². The van der Waals surface area contributed by atoms with E-state index in [4.69, 9.17) is 4.74 Å². The van der Waals surface area contributed by atoms with Gasteiger partial charge in [0.15, 0.2) is 6.10 Å². The van der Waals surface area contributed by atoms with Crippen molar-refractivity contribution in [1.82, 2.24) is 9.80 Å². The second-order valence-electron chi connectivity index (χ2n) is 6.97. The van der Waals surface area contributed by atoms with E-state index in [2.05, 4.69) is 15.9 Å². The number of halogens is 1. The van der Waals surface area contributed by atoms with Crippen LogP contribution in [-0.2, 0) is 9.59 Å². The van der Waals surface area contributed by atoms with Crippen molar-refractivity contribution in [1.29, 1.82) is 0 Å². The van der Waals surface area contributed by atoms with Crippen molar-refractivity contribution in [3.05, 3.63) is 28.2 Å². The highest BCUT2D eigenvalue weighted by Crippen LogP contribution is 2.29. The molecule has 1 saturated heterocycles. The zero-order valence-electron chi connectivity index (χ0n) is 14.8. The van der Waals surface area contributed by atoms with Gasteiger partial charge in [-0.15, -0.1) is 0 Å². The monoisotopic (exact) mass is 408 g/mol. The molecular formula is C19H25BrN2O3. The lowest BCUT2D eigenvalue weighted by Crippen LogP contribution is -2.54. The fourth-order valence-corrected chi connectivity index (χ4v) is 3.85. The van der Waals surface area contributed by atoms with Crippen LogP contribution >= 0.6 is 15.9 Å². The third-order valence-electron chi connectivity index (χ3n) is 5.10. The van der Waals surface area contributed by atoms with Crippen LogP contribution in [0.5, 0.6) is 5.75 Å². The van der Waals surface area contributed by atoms with Gasteiger partial charge in [-0.1, -0.05) is 12.5 Å². The van der Waals surface area contributed by atoms with Crippen molar-refractivity contribution in [2.24, 2.45) is 5.92 Å². The van der Waals surface area contributed by atoms with E-state index in [-0.39, 0.29) is 17.7 Å².